The lowest BCUT2D eigenvalue weighted by Gasteiger charge is -2.21. The van der Waals surface area contributed by atoms with Crippen molar-refractivity contribution in [2.75, 3.05) is 11.6 Å². The van der Waals surface area contributed by atoms with Gasteiger partial charge in [0.15, 0.2) is 0 Å². The molecule has 1 amide bonds. The van der Waals surface area contributed by atoms with Crippen LogP contribution >= 0.6 is 11.8 Å². The third kappa shape index (κ3) is 6.71. The molecule has 0 saturated heterocycles. The Bertz CT molecular complexity index is 978. The van der Waals surface area contributed by atoms with Crippen molar-refractivity contribution in [3.8, 4) is 0 Å². The van der Waals surface area contributed by atoms with Gasteiger partial charge in [-0.2, -0.15) is 0 Å². The van der Waals surface area contributed by atoms with E-state index < -0.39 is 6.10 Å². The number of ether oxygens (including phenoxy) is 1. The zero-order valence-corrected chi connectivity index (χ0v) is 19.5. The van der Waals surface area contributed by atoms with Crippen LogP contribution in [0.1, 0.15) is 37.5 Å². The molecule has 31 heavy (non-hydrogen) atoms. The summed E-state index contributed by atoms with van der Waals surface area (Å²) in [6.07, 6.45) is 1.94. The van der Waals surface area contributed by atoms with Crippen molar-refractivity contribution in [1.29, 1.82) is 0 Å². The SMILES string of the molecule is CSc1ccccc1NC(=O)[C@H](Cc1ccc(C(C)(C)C)cc1)OCc1ccccc1. The highest BCUT2D eigenvalue weighted by Crippen LogP contribution is 2.26. The van der Waals surface area contributed by atoms with E-state index in [4.69, 9.17) is 4.74 Å². The Balaban J connectivity index is 1.77. The van der Waals surface area contributed by atoms with Crippen molar-refractivity contribution >= 4 is 23.4 Å². The third-order valence-corrected chi connectivity index (χ3v) is 5.99. The van der Waals surface area contributed by atoms with Gasteiger partial charge in [0.05, 0.1) is 12.3 Å². The van der Waals surface area contributed by atoms with Crippen LogP contribution in [0.25, 0.3) is 0 Å². The maximum atomic E-state index is 13.2. The summed E-state index contributed by atoms with van der Waals surface area (Å²) in [5.41, 5.74) is 4.32. The summed E-state index contributed by atoms with van der Waals surface area (Å²) in [5.74, 6) is -0.127. The van der Waals surface area contributed by atoms with E-state index in [0.29, 0.717) is 13.0 Å². The molecule has 0 unspecified atom stereocenters. The largest absolute Gasteiger partial charge is 0.363 e. The van der Waals surface area contributed by atoms with Crippen LogP contribution in [0.4, 0.5) is 5.69 Å². The molecular formula is C27H31NO2S. The molecule has 0 bridgehead atoms. The van der Waals surface area contributed by atoms with Gasteiger partial charge in [-0.3, -0.25) is 4.79 Å². The van der Waals surface area contributed by atoms with Crippen molar-refractivity contribution in [2.24, 2.45) is 0 Å². The number of carbonyl (C=O) groups is 1. The summed E-state index contributed by atoms with van der Waals surface area (Å²) in [7, 11) is 0. The van der Waals surface area contributed by atoms with E-state index in [2.05, 4.69) is 50.4 Å². The first-order valence-corrected chi connectivity index (χ1v) is 11.8. The lowest BCUT2D eigenvalue weighted by molar-refractivity contribution is -0.128. The van der Waals surface area contributed by atoms with Gasteiger partial charge < -0.3 is 10.1 Å². The summed E-state index contributed by atoms with van der Waals surface area (Å²) in [5, 5.41) is 3.07. The van der Waals surface area contributed by atoms with Gasteiger partial charge >= 0.3 is 0 Å². The number of thioether (sulfide) groups is 1. The third-order valence-electron chi connectivity index (χ3n) is 5.19. The Hall–Kier alpha value is -2.56. The summed E-state index contributed by atoms with van der Waals surface area (Å²) in [6, 6.07) is 26.3. The quantitative estimate of drug-likeness (QED) is 0.414. The smallest absolute Gasteiger partial charge is 0.253 e. The second-order valence-electron chi connectivity index (χ2n) is 8.63. The van der Waals surface area contributed by atoms with E-state index in [1.807, 2.05) is 60.9 Å². The summed E-state index contributed by atoms with van der Waals surface area (Å²) in [4.78, 5) is 14.2. The highest BCUT2D eigenvalue weighted by Gasteiger charge is 2.22. The van der Waals surface area contributed by atoms with E-state index in [0.717, 1.165) is 21.7 Å². The fraction of sp³-hybridized carbons (Fsp3) is 0.296. The number of amides is 1. The first kappa shape index (κ1) is 23.1. The fourth-order valence-corrected chi connectivity index (χ4v) is 3.87. The molecule has 0 aliphatic carbocycles. The molecule has 0 fully saturated rings. The molecule has 1 N–H and O–H groups in total. The van der Waals surface area contributed by atoms with Gasteiger partial charge in [0.1, 0.15) is 6.10 Å². The molecule has 3 aromatic rings. The summed E-state index contributed by atoms with van der Waals surface area (Å²) < 4.78 is 6.12. The Kier molecular flexibility index (Phi) is 7.94. The minimum absolute atomic E-state index is 0.0979. The normalized spacial score (nSPS) is 12.4. The van der Waals surface area contributed by atoms with Crippen molar-refractivity contribution in [2.45, 2.75) is 50.2 Å². The summed E-state index contributed by atoms with van der Waals surface area (Å²) in [6.45, 7) is 6.99. The van der Waals surface area contributed by atoms with Crippen LogP contribution < -0.4 is 5.32 Å². The Morgan fingerprint density at radius 1 is 0.903 bits per heavy atom. The molecule has 3 rings (SSSR count). The number of hydrogen-bond acceptors (Lipinski definition) is 3. The van der Waals surface area contributed by atoms with E-state index in [9.17, 15) is 4.79 Å². The van der Waals surface area contributed by atoms with Gasteiger partial charge in [-0.15, -0.1) is 11.8 Å². The van der Waals surface area contributed by atoms with Gasteiger partial charge in [0.25, 0.3) is 5.91 Å². The van der Waals surface area contributed by atoms with Crippen molar-refractivity contribution in [3.63, 3.8) is 0 Å². The van der Waals surface area contributed by atoms with Gasteiger partial charge in [0.2, 0.25) is 0 Å². The number of hydrogen-bond donors (Lipinski definition) is 1. The number of benzene rings is 3. The second kappa shape index (κ2) is 10.7. The molecule has 0 saturated carbocycles. The standard InChI is InChI=1S/C27H31NO2S/c1-27(2,3)22-16-14-20(15-17-22)18-24(30-19-21-10-6-5-7-11-21)26(29)28-23-12-8-9-13-25(23)31-4/h5-17,24H,18-19H2,1-4H3,(H,28,29)/t24-/m0/s1. The minimum atomic E-state index is -0.587. The monoisotopic (exact) mass is 433 g/mol. The van der Waals surface area contributed by atoms with Crippen molar-refractivity contribution < 1.29 is 9.53 Å². The number of nitrogens with one attached hydrogen (secondary N) is 1. The van der Waals surface area contributed by atoms with Crippen LogP contribution in [0.2, 0.25) is 0 Å². The number of carbonyl (C=O) groups excluding carboxylic acids is 1. The first-order chi connectivity index (χ1) is 14.9. The number of rotatable bonds is 8. The van der Waals surface area contributed by atoms with Gasteiger partial charge in [-0.1, -0.05) is 87.5 Å². The zero-order chi connectivity index (χ0) is 22.3. The van der Waals surface area contributed by atoms with Crippen LogP contribution in [0.3, 0.4) is 0 Å². The average molecular weight is 434 g/mol. The van der Waals surface area contributed by atoms with Gasteiger partial charge in [-0.25, -0.2) is 0 Å². The molecule has 0 aromatic heterocycles. The van der Waals surface area contributed by atoms with E-state index in [1.165, 1.54) is 5.56 Å². The number of anilines is 1. The fourth-order valence-electron chi connectivity index (χ4n) is 3.31. The zero-order valence-electron chi connectivity index (χ0n) is 18.7. The van der Waals surface area contributed by atoms with Crippen LogP contribution in [0.15, 0.2) is 83.8 Å². The Labute approximate surface area is 190 Å². The van der Waals surface area contributed by atoms with Crippen LogP contribution in [-0.4, -0.2) is 18.3 Å². The molecule has 0 aliphatic heterocycles. The molecule has 1 atom stereocenters. The number of para-hydroxylation sites is 1. The highest BCUT2D eigenvalue weighted by molar-refractivity contribution is 7.98. The molecule has 0 spiro atoms. The average Bonchev–Trinajstić information content (AvgIpc) is 2.77. The molecule has 3 nitrogen and oxygen atoms in total. The lowest BCUT2D eigenvalue weighted by atomic mass is 9.86. The van der Waals surface area contributed by atoms with Crippen LogP contribution in [-0.2, 0) is 28.0 Å². The van der Waals surface area contributed by atoms with Gasteiger partial charge in [0, 0.05) is 11.3 Å². The Morgan fingerprint density at radius 2 is 1.55 bits per heavy atom. The topological polar surface area (TPSA) is 38.3 Å². The second-order valence-corrected chi connectivity index (χ2v) is 9.47. The molecule has 0 radical (unpaired) electrons. The maximum Gasteiger partial charge on any atom is 0.253 e. The van der Waals surface area contributed by atoms with E-state index >= 15 is 0 Å². The molecule has 4 heteroatoms. The van der Waals surface area contributed by atoms with E-state index in [1.54, 1.807) is 11.8 Å². The molecule has 0 aliphatic rings. The molecule has 162 valence electrons. The maximum absolute atomic E-state index is 13.2. The van der Waals surface area contributed by atoms with E-state index in [-0.39, 0.29) is 11.3 Å². The van der Waals surface area contributed by atoms with Crippen LogP contribution in [0, 0.1) is 0 Å². The summed E-state index contributed by atoms with van der Waals surface area (Å²) >= 11 is 1.61. The van der Waals surface area contributed by atoms with Crippen LogP contribution in [0.5, 0.6) is 0 Å². The molecular weight excluding hydrogens is 402 g/mol. The first-order valence-electron chi connectivity index (χ1n) is 10.6. The molecule has 0 heterocycles. The lowest BCUT2D eigenvalue weighted by Crippen LogP contribution is -2.32. The Morgan fingerprint density at radius 3 is 2.19 bits per heavy atom. The van der Waals surface area contributed by atoms with Crippen molar-refractivity contribution in [3.05, 3.63) is 95.6 Å². The van der Waals surface area contributed by atoms with Gasteiger partial charge in [-0.05, 0) is 40.5 Å². The highest BCUT2D eigenvalue weighted by atomic mass is 32.2. The predicted octanol–water partition coefficient (Wildman–Crippen LogP) is 6.47. The van der Waals surface area contributed by atoms with Crippen molar-refractivity contribution in [1.82, 2.24) is 0 Å². The predicted molar refractivity (Wildman–Crippen MR) is 131 cm³/mol. The molecule has 3 aromatic carbocycles. The minimum Gasteiger partial charge on any atom is -0.363 e.